The Morgan fingerprint density at radius 2 is 1.96 bits per heavy atom. The summed E-state index contributed by atoms with van der Waals surface area (Å²) >= 11 is 0. The van der Waals surface area contributed by atoms with Gasteiger partial charge >= 0.3 is 0 Å². The zero-order valence-electron chi connectivity index (χ0n) is 17.2. The predicted molar refractivity (Wildman–Crippen MR) is 108 cm³/mol. The molecule has 1 amide bonds. The smallest absolute Gasteiger partial charge is 0.243 e. The summed E-state index contributed by atoms with van der Waals surface area (Å²) in [6.45, 7) is 7.61. The van der Waals surface area contributed by atoms with Crippen molar-refractivity contribution >= 4 is 11.9 Å². The van der Waals surface area contributed by atoms with Gasteiger partial charge in [0.05, 0.1) is 6.10 Å². The summed E-state index contributed by atoms with van der Waals surface area (Å²) in [6.07, 6.45) is 7.80. The summed E-state index contributed by atoms with van der Waals surface area (Å²) in [5, 5.41) is 3.49. The lowest BCUT2D eigenvalue weighted by Crippen LogP contribution is -2.44. The zero-order valence-corrected chi connectivity index (χ0v) is 17.2. The third kappa shape index (κ3) is 6.35. The van der Waals surface area contributed by atoms with Crippen LogP contribution in [0.2, 0.25) is 0 Å². The molecule has 3 aliphatic rings. The number of rotatable bonds is 6. The van der Waals surface area contributed by atoms with Gasteiger partial charge in [-0.25, -0.2) is 4.99 Å². The van der Waals surface area contributed by atoms with Gasteiger partial charge in [-0.3, -0.25) is 4.79 Å². The molecule has 7 heteroatoms. The highest BCUT2D eigenvalue weighted by atomic mass is 16.5. The largest absolute Gasteiger partial charge is 0.376 e. The first-order valence-electron chi connectivity index (χ1n) is 10.7. The molecule has 3 saturated heterocycles. The Morgan fingerprint density at radius 3 is 2.67 bits per heavy atom. The quantitative estimate of drug-likeness (QED) is 0.551. The van der Waals surface area contributed by atoms with Crippen LogP contribution in [0.5, 0.6) is 0 Å². The van der Waals surface area contributed by atoms with Crippen LogP contribution in [0, 0.1) is 5.92 Å². The van der Waals surface area contributed by atoms with Crippen LogP contribution in [0.3, 0.4) is 0 Å². The molecule has 2 atom stereocenters. The Bertz CT molecular complexity index is 499. The van der Waals surface area contributed by atoms with Gasteiger partial charge in [0.1, 0.15) is 6.54 Å². The van der Waals surface area contributed by atoms with E-state index in [4.69, 9.17) is 4.74 Å². The Morgan fingerprint density at radius 1 is 1.15 bits per heavy atom. The van der Waals surface area contributed by atoms with Crippen LogP contribution in [-0.2, 0) is 9.53 Å². The molecular weight excluding hydrogens is 342 g/mol. The minimum Gasteiger partial charge on any atom is -0.376 e. The summed E-state index contributed by atoms with van der Waals surface area (Å²) in [4.78, 5) is 23.2. The van der Waals surface area contributed by atoms with Crippen LogP contribution in [0.25, 0.3) is 0 Å². The second-order valence-corrected chi connectivity index (χ2v) is 8.41. The molecule has 0 bridgehead atoms. The Labute approximate surface area is 164 Å². The number of guanidine groups is 1. The first kappa shape index (κ1) is 20.4. The van der Waals surface area contributed by atoms with Crippen molar-refractivity contribution in [3.63, 3.8) is 0 Å². The van der Waals surface area contributed by atoms with E-state index in [1.165, 1.54) is 45.3 Å². The lowest BCUT2D eigenvalue weighted by Gasteiger charge is -2.29. The fraction of sp³-hybridized carbons (Fsp3) is 0.900. The standard InChI is InChI=1S/C20H37N5O2/c1-23(2)19(26)14-22-20(21-13-18-7-6-12-27-18)25-11-8-17(16-25)15-24-9-4-3-5-10-24/h17-18H,3-16H2,1-2H3,(H,21,22). The third-order valence-corrected chi connectivity index (χ3v) is 5.93. The number of ether oxygens (including phenoxy) is 1. The Hall–Kier alpha value is -1.34. The summed E-state index contributed by atoms with van der Waals surface area (Å²) in [5.74, 6) is 1.61. The average Bonchev–Trinajstić information content (AvgIpc) is 3.34. The molecule has 1 N–H and O–H groups in total. The number of carbonyl (C=O) groups is 1. The number of hydrogen-bond acceptors (Lipinski definition) is 4. The molecule has 0 aromatic carbocycles. The normalized spacial score (nSPS) is 27.2. The SMILES string of the molecule is CN(C)C(=O)CN=C(NCC1CCCO1)N1CCC(CN2CCCCC2)C1. The van der Waals surface area contributed by atoms with E-state index in [0.717, 1.165) is 45.0 Å². The fourth-order valence-electron chi connectivity index (χ4n) is 4.24. The van der Waals surface area contributed by atoms with Crippen molar-refractivity contribution in [3.8, 4) is 0 Å². The van der Waals surface area contributed by atoms with Gasteiger partial charge in [-0.15, -0.1) is 0 Å². The molecule has 0 saturated carbocycles. The molecule has 27 heavy (non-hydrogen) atoms. The van der Waals surface area contributed by atoms with Crippen molar-refractivity contribution in [2.24, 2.45) is 10.9 Å². The van der Waals surface area contributed by atoms with E-state index >= 15 is 0 Å². The summed E-state index contributed by atoms with van der Waals surface area (Å²) in [7, 11) is 3.56. The van der Waals surface area contributed by atoms with Gasteiger partial charge in [0.25, 0.3) is 0 Å². The second kappa shape index (κ2) is 10.3. The monoisotopic (exact) mass is 379 g/mol. The van der Waals surface area contributed by atoms with Crippen LogP contribution >= 0.6 is 0 Å². The number of piperidine rings is 1. The van der Waals surface area contributed by atoms with Crippen LogP contribution in [0.1, 0.15) is 38.5 Å². The number of nitrogens with zero attached hydrogens (tertiary/aromatic N) is 4. The molecular formula is C20H37N5O2. The number of amides is 1. The Kier molecular flexibility index (Phi) is 7.76. The van der Waals surface area contributed by atoms with E-state index in [0.29, 0.717) is 5.92 Å². The van der Waals surface area contributed by atoms with Gasteiger partial charge < -0.3 is 24.8 Å². The van der Waals surface area contributed by atoms with Crippen molar-refractivity contribution < 1.29 is 9.53 Å². The number of aliphatic imine (C=N–C) groups is 1. The van der Waals surface area contributed by atoms with Gasteiger partial charge in [0, 0.05) is 46.9 Å². The van der Waals surface area contributed by atoms with E-state index in [-0.39, 0.29) is 18.6 Å². The molecule has 154 valence electrons. The van der Waals surface area contributed by atoms with Crippen molar-refractivity contribution in [3.05, 3.63) is 0 Å². The molecule has 3 aliphatic heterocycles. The number of carbonyl (C=O) groups excluding carboxylic acids is 1. The maximum atomic E-state index is 12.0. The molecule has 3 fully saturated rings. The lowest BCUT2D eigenvalue weighted by molar-refractivity contribution is -0.127. The topological polar surface area (TPSA) is 60.4 Å². The van der Waals surface area contributed by atoms with E-state index in [1.54, 1.807) is 19.0 Å². The maximum Gasteiger partial charge on any atom is 0.243 e. The molecule has 3 rings (SSSR count). The van der Waals surface area contributed by atoms with Gasteiger partial charge in [0.2, 0.25) is 5.91 Å². The third-order valence-electron chi connectivity index (χ3n) is 5.93. The summed E-state index contributed by atoms with van der Waals surface area (Å²) < 4.78 is 5.73. The fourth-order valence-corrected chi connectivity index (χ4v) is 4.24. The first-order chi connectivity index (χ1) is 13.1. The van der Waals surface area contributed by atoms with E-state index in [2.05, 4.69) is 20.1 Å². The molecule has 3 heterocycles. The van der Waals surface area contributed by atoms with Gasteiger partial charge in [0.15, 0.2) is 5.96 Å². The van der Waals surface area contributed by atoms with Crippen molar-refractivity contribution in [1.29, 1.82) is 0 Å². The van der Waals surface area contributed by atoms with E-state index in [1.807, 2.05) is 0 Å². The summed E-state index contributed by atoms with van der Waals surface area (Å²) in [5.41, 5.74) is 0. The molecule has 0 radical (unpaired) electrons. The zero-order chi connectivity index (χ0) is 19.1. The van der Waals surface area contributed by atoms with Gasteiger partial charge in [-0.2, -0.15) is 0 Å². The van der Waals surface area contributed by atoms with Crippen LogP contribution in [0.4, 0.5) is 0 Å². The minimum atomic E-state index is 0.0375. The predicted octanol–water partition coefficient (Wildman–Crippen LogP) is 1.01. The summed E-state index contributed by atoms with van der Waals surface area (Å²) in [6, 6.07) is 0. The van der Waals surface area contributed by atoms with Crippen LogP contribution in [-0.4, -0.2) is 99.2 Å². The highest BCUT2D eigenvalue weighted by molar-refractivity contribution is 5.85. The van der Waals surface area contributed by atoms with Crippen LogP contribution in [0.15, 0.2) is 4.99 Å². The molecule has 2 unspecified atom stereocenters. The van der Waals surface area contributed by atoms with Gasteiger partial charge in [-0.05, 0) is 51.1 Å². The number of nitrogens with one attached hydrogen (secondary N) is 1. The number of likely N-dealkylation sites (N-methyl/N-ethyl adjacent to an activating group) is 1. The minimum absolute atomic E-state index is 0.0375. The van der Waals surface area contributed by atoms with Gasteiger partial charge in [-0.1, -0.05) is 6.42 Å². The maximum absolute atomic E-state index is 12.0. The highest BCUT2D eigenvalue weighted by Crippen LogP contribution is 2.20. The average molecular weight is 380 g/mol. The molecule has 0 spiro atoms. The lowest BCUT2D eigenvalue weighted by atomic mass is 10.1. The highest BCUT2D eigenvalue weighted by Gasteiger charge is 2.28. The van der Waals surface area contributed by atoms with Crippen LogP contribution < -0.4 is 5.32 Å². The Balaban J connectivity index is 1.53. The molecule has 7 nitrogen and oxygen atoms in total. The van der Waals surface area contributed by atoms with Crippen molar-refractivity contribution in [2.75, 3.05) is 66.5 Å². The second-order valence-electron chi connectivity index (χ2n) is 8.41. The van der Waals surface area contributed by atoms with E-state index < -0.39 is 0 Å². The molecule has 0 aromatic rings. The molecule has 0 aliphatic carbocycles. The first-order valence-corrected chi connectivity index (χ1v) is 10.7. The van der Waals surface area contributed by atoms with Crippen molar-refractivity contribution in [2.45, 2.75) is 44.6 Å². The number of hydrogen-bond donors (Lipinski definition) is 1. The number of likely N-dealkylation sites (tertiary alicyclic amines) is 2. The van der Waals surface area contributed by atoms with Crippen molar-refractivity contribution in [1.82, 2.24) is 20.0 Å². The van der Waals surface area contributed by atoms with E-state index in [9.17, 15) is 4.79 Å². The molecule has 0 aromatic heterocycles.